The minimum atomic E-state index is -0.464. The lowest BCUT2D eigenvalue weighted by Crippen LogP contribution is -2.42. The Morgan fingerprint density at radius 3 is 2.97 bits per heavy atom. The van der Waals surface area contributed by atoms with E-state index in [1.54, 1.807) is 6.33 Å². The SMILES string of the molecule is CC1CCc2ncnc(N3CC4(CCNCC4)c4cc(OCC(N)=O)ccc43)c21. The highest BCUT2D eigenvalue weighted by molar-refractivity contribution is 5.76. The number of benzene rings is 1. The van der Waals surface area contributed by atoms with Crippen molar-refractivity contribution in [1.29, 1.82) is 0 Å². The van der Waals surface area contributed by atoms with E-state index in [9.17, 15) is 4.79 Å². The van der Waals surface area contributed by atoms with E-state index < -0.39 is 5.91 Å². The van der Waals surface area contributed by atoms with Gasteiger partial charge in [0.15, 0.2) is 6.61 Å². The lowest BCUT2D eigenvalue weighted by molar-refractivity contribution is -0.119. The molecule has 3 N–H and O–H groups in total. The van der Waals surface area contributed by atoms with E-state index in [1.165, 1.54) is 22.5 Å². The molecule has 1 unspecified atom stereocenters. The topological polar surface area (TPSA) is 93.4 Å². The zero-order valence-electron chi connectivity index (χ0n) is 16.8. The molecular weight excluding hydrogens is 366 g/mol. The highest BCUT2D eigenvalue weighted by Gasteiger charge is 2.45. The fourth-order valence-corrected chi connectivity index (χ4v) is 5.25. The van der Waals surface area contributed by atoms with Gasteiger partial charge in [0.05, 0.1) is 0 Å². The Morgan fingerprint density at radius 1 is 1.34 bits per heavy atom. The number of aromatic nitrogens is 2. The van der Waals surface area contributed by atoms with Crippen LogP contribution in [0.1, 0.15) is 48.9 Å². The summed E-state index contributed by atoms with van der Waals surface area (Å²) in [4.78, 5) is 22.8. The number of amides is 1. The van der Waals surface area contributed by atoms with Gasteiger partial charge in [0, 0.05) is 28.9 Å². The van der Waals surface area contributed by atoms with Gasteiger partial charge in [-0.2, -0.15) is 0 Å². The third-order valence-corrected chi connectivity index (χ3v) is 6.74. The number of carbonyl (C=O) groups excluding carboxylic acids is 1. The molecule has 1 fully saturated rings. The molecule has 0 radical (unpaired) electrons. The van der Waals surface area contributed by atoms with Gasteiger partial charge in [-0.25, -0.2) is 9.97 Å². The molecule has 0 bridgehead atoms. The van der Waals surface area contributed by atoms with Crippen LogP contribution in [0, 0.1) is 0 Å². The molecular formula is C22H27N5O2. The van der Waals surface area contributed by atoms with Crippen molar-refractivity contribution >= 4 is 17.4 Å². The van der Waals surface area contributed by atoms with Gasteiger partial charge < -0.3 is 20.7 Å². The molecule has 2 aliphatic heterocycles. The second kappa shape index (κ2) is 6.99. The molecule has 1 aromatic heterocycles. The van der Waals surface area contributed by atoms with Gasteiger partial charge in [-0.05, 0) is 68.5 Å². The third-order valence-electron chi connectivity index (χ3n) is 6.74. The third kappa shape index (κ3) is 3.04. The fourth-order valence-electron chi connectivity index (χ4n) is 5.25. The van der Waals surface area contributed by atoms with Crippen LogP contribution in [0.2, 0.25) is 0 Å². The molecule has 1 aliphatic carbocycles. The van der Waals surface area contributed by atoms with E-state index in [0.717, 1.165) is 51.1 Å². The maximum Gasteiger partial charge on any atom is 0.255 e. The summed E-state index contributed by atoms with van der Waals surface area (Å²) in [6, 6.07) is 6.14. The number of piperidine rings is 1. The Hall–Kier alpha value is -2.67. The van der Waals surface area contributed by atoms with E-state index in [2.05, 4.69) is 34.3 Å². The van der Waals surface area contributed by atoms with Gasteiger partial charge in [-0.3, -0.25) is 4.79 Å². The summed E-state index contributed by atoms with van der Waals surface area (Å²) in [7, 11) is 0. The minimum Gasteiger partial charge on any atom is -0.484 e. The van der Waals surface area contributed by atoms with Crippen LogP contribution in [0.3, 0.4) is 0 Å². The van der Waals surface area contributed by atoms with Crippen LogP contribution in [-0.4, -0.2) is 42.1 Å². The van der Waals surface area contributed by atoms with Crippen molar-refractivity contribution in [3.05, 3.63) is 41.3 Å². The second-order valence-corrected chi connectivity index (χ2v) is 8.55. The number of anilines is 2. The zero-order chi connectivity index (χ0) is 20.0. The van der Waals surface area contributed by atoms with Crippen LogP contribution in [-0.2, 0) is 16.6 Å². The largest absolute Gasteiger partial charge is 0.484 e. The Balaban J connectivity index is 1.59. The molecule has 5 rings (SSSR count). The summed E-state index contributed by atoms with van der Waals surface area (Å²) in [5.41, 5.74) is 10.3. The normalized spacial score (nSPS) is 21.8. The average molecular weight is 393 g/mol. The van der Waals surface area contributed by atoms with Crippen LogP contribution in [0.5, 0.6) is 5.75 Å². The standard InChI is InChI=1S/C22H27N5O2/c1-14-2-4-17-20(14)21(26-13-25-17)27-12-22(6-8-24-9-7-22)16-10-15(3-5-18(16)27)29-11-19(23)28/h3,5,10,13-14,24H,2,4,6-9,11-12H2,1H3,(H2,23,28). The maximum absolute atomic E-state index is 11.1. The molecule has 1 spiro atoms. The van der Waals surface area contributed by atoms with Gasteiger partial charge >= 0.3 is 0 Å². The number of ether oxygens (including phenoxy) is 1. The van der Waals surface area contributed by atoms with Gasteiger partial charge in [-0.1, -0.05) is 6.92 Å². The number of nitrogens with two attached hydrogens (primary N) is 1. The van der Waals surface area contributed by atoms with E-state index >= 15 is 0 Å². The summed E-state index contributed by atoms with van der Waals surface area (Å²) >= 11 is 0. The molecule has 3 heterocycles. The van der Waals surface area contributed by atoms with Gasteiger partial charge in [0.1, 0.15) is 17.9 Å². The second-order valence-electron chi connectivity index (χ2n) is 8.55. The minimum absolute atomic E-state index is 0.0619. The summed E-state index contributed by atoms with van der Waals surface area (Å²) in [6.07, 6.45) is 6.01. The van der Waals surface area contributed by atoms with Crippen LogP contribution >= 0.6 is 0 Å². The van der Waals surface area contributed by atoms with Crippen molar-refractivity contribution < 1.29 is 9.53 Å². The van der Waals surface area contributed by atoms with Gasteiger partial charge in [0.25, 0.3) is 5.91 Å². The average Bonchev–Trinajstić information content (AvgIpc) is 3.26. The number of rotatable bonds is 4. The quantitative estimate of drug-likeness (QED) is 0.827. The molecule has 29 heavy (non-hydrogen) atoms. The summed E-state index contributed by atoms with van der Waals surface area (Å²) in [6.45, 7) is 5.08. The van der Waals surface area contributed by atoms with E-state index in [-0.39, 0.29) is 12.0 Å². The first-order valence-corrected chi connectivity index (χ1v) is 10.4. The maximum atomic E-state index is 11.1. The predicted molar refractivity (Wildman–Crippen MR) is 111 cm³/mol. The number of hydrogen-bond donors (Lipinski definition) is 2. The zero-order valence-corrected chi connectivity index (χ0v) is 16.8. The van der Waals surface area contributed by atoms with Gasteiger partial charge in [0.2, 0.25) is 0 Å². The molecule has 7 heteroatoms. The summed E-state index contributed by atoms with van der Waals surface area (Å²) < 4.78 is 5.62. The monoisotopic (exact) mass is 393 g/mol. The van der Waals surface area contributed by atoms with Crippen LogP contribution in [0.15, 0.2) is 24.5 Å². The van der Waals surface area contributed by atoms with Crippen LogP contribution in [0.25, 0.3) is 0 Å². The van der Waals surface area contributed by atoms with E-state index in [0.29, 0.717) is 11.7 Å². The first kappa shape index (κ1) is 18.4. The van der Waals surface area contributed by atoms with E-state index in [4.69, 9.17) is 15.5 Å². The number of aryl methyl sites for hydroxylation is 1. The van der Waals surface area contributed by atoms with Crippen molar-refractivity contribution in [1.82, 2.24) is 15.3 Å². The van der Waals surface area contributed by atoms with Crippen molar-refractivity contribution in [2.75, 3.05) is 31.1 Å². The number of nitrogens with one attached hydrogen (secondary N) is 1. The number of fused-ring (bicyclic) bond motifs is 3. The highest BCUT2D eigenvalue weighted by atomic mass is 16.5. The summed E-state index contributed by atoms with van der Waals surface area (Å²) in [5, 5.41) is 3.49. The Morgan fingerprint density at radius 2 is 2.17 bits per heavy atom. The Kier molecular flexibility index (Phi) is 4.42. The van der Waals surface area contributed by atoms with Crippen molar-refractivity contribution in [2.45, 2.75) is 43.9 Å². The highest BCUT2D eigenvalue weighted by Crippen LogP contribution is 2.51. The van der Waals surface area contributed by atoms with Gasteiger partial charge in [-0.15, -0.1) is 0 Å². The lowest BCUT2D eigenvalue weighted by Gasteiger charge is -2.35. The van der Waals surface area contributed by atoms with Crippen molar-refractivity contribution in [2.24, 2.45) is 5.73 Å². The molecule has 1 amide bonds. The number of hydrogen-bond acceptors (Lipinski definition) is 6. The summed E-state index contributed by atoms with van der Waals surface area (Å²) in [5.74, 6) is 1.77. The predicted octanol–water partition coefficient (Wildman–Crippen LogP) is 2.16. The first-order valence-electron chi connectivity index (χ1n) is 10.4. The van der Waals surface area contributed by atoms with Crippen LogP contribution < -0.4 is 20.7 Å². The molecule has 1 aromatic carbocycles. The Bertz CT molecular complexity index is 954. The molecule has 0 saturated carbocycles. The van der Waals surface area contributed by atoms with Crippen molar-refractivity contribution in [3.8, 4) is 5.75 Å². The molecule has 2 aromatic rings. The lowest BCUT2D eigenvalue weighted by atomic mass is 9.75. The Labute approximate surface area is 170 Å². The first-order chi connectivity index (χ1) is 14.1. The molecule has 1 atom stereocenters. The number of nitrogens with zero attached hydrogens (tertiary/aromatic N) is 3. The van der Waals surface area contributed by atoms with Crippen molar-refractivity contribution in [3.63, 3.8) is 0 Å². The fraction of sp³-hybridized carbons (Fsp3) is 0.500. The molecule has 152 valence electrons. The molecule has 3 aliphatic rings. The van der Waals surface area contributed by atoms with Crippen LogP contribution in [0.4, 0.5) is 11.5 Å². The number of carbonyl (C=O) groups is 1. The molecule has 7 nitrogen and oxygen atoms in total. The number of primary amides is 1. The molecule has 1 saturated heterocycles. The van der Waals surface area contributed by atoms with E-state index in [1.807, 2.05) is 6.07 Å². The smallest absolute Gasteiger partial charge is 0.255 e.